The van der Waals surface area contributed by atoms with Crippen LogP contribution in [0.5, 0.6) is 0 Å². The van der Waals surface area contributed by atoms with Gasteiger partial charge in [0.1, 0.15) is 18.3 Å². The molecular formula is C11H11ClF3N3O. The van der Waals surface area contributed by atoms with Crippen molar-refractivity contribution >= 4 is 23.1 Å². The van der Waals surface area contributed by atoms with Crippen LogP contribution in [0, 0.1) is 5.82 Å². The SMILES string of the molecule is NC1=N[C@@](c2cc(N)cc(Cl)c2F)(C(F)F)COC1. The van der Waals surface area contributed by atoms with Gasteiger partial charge in [-0.1, -0.05) is 11.6 Å². The van der Waals surface area contributed by atoms with Gasteiger partial charge < -0.3 is 16.2 Å². The second kappa shape index (κ2) is 4.90. The lowest BCUT2D eigenvalue weighted by Crippen LogP contribution is -2.45. The first-order valence-corrected chi connectivity index (χ1v) is 5.69. The topological polar surface area (TPSA) is 73.6 Å². The van der Waals surface area contributed by atoms with Crippen LogP contribution in [-0.4, -0.2) is 25.5 Å². The van der Waals surface area contributed by atoms with Crippen molar-refractivity contribution in [2.45, 2.75) is 12.0 Å². The Hall–Kier alpha value is -1.47. The quantitative estimate of drug-likeness (QED) is 0.818. The first-order valence-electron chi connectivity index (χ1n) is 5.32. The standard InChI is InChI=1S/C11H11ClF3N3O/c12-7-2-5(16)1-6(9(7)13)11(10(14)15)4-19-3-8(17)18-11/h1-2,10H,3-4,16H2,(H2,17,18)/t11-/m0/s1. The molecule has 8 heteroatoms. The molecule has 0 amide bonds. The van der Waals surface area contributed by atoms with Gasteiger partial charge in [-0.3, -0.25) is 4.99 Å². The lowest BCUT2D eigenvalue weighted by Gasteiger charge is -2.33. The molecule has 1 aromatic carbocycles. The molecule has 4 N–H and O–H groups in total. The Balaban J connectivity index is 2.67. The normalized spacial score (nSPS) is 23.5. The molecular weight excluding hydrogens is 283 g/mol. The molecule has 19 heavy (non-hydrogen) atoms. The van der Waals surface area contributed by atoms with Crippen LogP contribution in [0.4, 0.5) is 18.9 Å². The van der Waals surface area contributed by atoms with E-state index in [1.807, 2.05) is 0 Å². The van der Waals surface area contributed by atoms with Gasteiger partial charge in [-0.15, -0.1) is 0 Å². The zero-order valence-electron chi connectivity index (χ0n) is 9.67. The molecule has 0 unspecified atom stereocenters. The molecule has 1 aliphatic rings. The molecule has 0 radical (unpaired) electrons. The lowest BCUT2D eigenvalue weighted by atomic mass is 9.90. The summed E-state index contributed by atoms with van der Waals surface area (Å²) in [5, 5.41) is -0.352. The fraction of sp³-hybridized carbons (Fsp3) is 0.364. The number of nitrogen functional groups attached to an aromatic ring is 1. The second-order valence-corrected chi connectivity index (χ2v) is 4.59. The van der Waals surface area contributed by atoms with Crippen molar-refractivity contribution in [3.63, 3.8) is 0 Å². The van der Waals surface area contributed by atoms with Crippen molar-refractivity contribution in [3.05, 3.63) is 28.5 Å². The van der Waals surface area contributed by atoms with E-state index in [1.54, 1.807) is 0 Å². The predicted octanol–water partition coefficient (Wildman–Crippen LogP) is 1.91. The predicted molar refractivity (Wildman–Crippen MR) is 65.9 cm³/mol. The molecule has 0 fully saturated rings. The number of rotatable bonds is 2. The number of benzene rings is 1. The fourth-order valence-electron chi connectivity index (χ4n) is 1.92. The number of anilines is 1. The molecule has 0 saturated heterocycles. The van der Waals surface area contributed by atoms with E-state index in [0.717, 1.165) is 12.1 Å². The first-order chi connectivity index (χ1) is 8.86. The highest BCUT2D eigenvalue weighted by atomic mass is 35.5. The number of nitrogens with two attached hydrogens (primary N) is 2. The molecule has 1 atom stereocenters. The number of alkyl halides is 2. The molecule has 1 aromatic rings. The van der Waals surface area contributed by atoms with Gasteiger partial charge in [0.25, 0.3) is 6.43 Å². The third-order valence-corrected chi connectivity index (χ3v) is 3.07. The van der Waals surface area contributed by atoms with Crippen LogP contribution in [0.3, 0.4) is 0 Å². The van der Waals surface area contributed by atoms with E-state index in [-0.39, 0.29) is 23.2 Å². The molecule has 104 valence electrons. The Kier molecular flexibility index (Phi) is 3.60. The zero-order chi connectivity index (χ0) is 14.2. The third kappa shape index (κ3) is 2.35. The van der Waals surface area contributed by atoms with Gasteiger partial charge in [0, 0.05) is 11.3 Å². The summed E-state index contributed by atoms with van der Waals surface area (Å²) < 4.78 is 45.7. The summed E-state index contributed by atoms with van der Waals surface area (Å²) >= 11 is 5.62. The molecule has 4 nitrogen and oxygen atoms in total. The van der Waals surface area contributed by atoms with E-state index in [2.05, 4.69) is 4.99 Å². The van der Waals surface area contributed by atoms with Crippen molar-refractivity contribution in [2.24, 2.45) is 10.7 Å². The highest BCUT2D eigenvalue weighted by Gasteiger charge is 2.46. The molecule has 1 heterocycles. The van der Waals surface area contributed by atoms with Crippen molar-refractivity contribution in [1.82, 2.24) is 0 Å². The van der Waals surface area contributed by atoms with Crippen LogP contribution < -0.4 is 11.5 Å². The molecule has 0 aliphatic carbocycles. The van der Waals surface area contributed by atoms with Crippen LogP contribution in [0.15, 0.2) is 17.1 Å². The maximum absolute atomic E-state index is 14.0. The average molecular weight is 294 g/mol. The van der Waals surface area contributed by atoms with Gasteiger partial charge in [-0.2, -0.15) is 0 Å². The summed E-state index contributed by atoms with van der Waals surface area (Å²) in [5.41, 5.74) is 8.35. The summed E-state index contributed by atoms with van der Waals surface area (Å²) in [6, 6.07) is 2.20. The van der Waals surface area contributed by atoms with E-state index in [0.29, 0.717) is 0 Å². The Morgan fingerprint density at radius 3 is 2.63 bits per heavy atom. The zero-order valence-corrected chi connectivity index (χ0v) is 10.4. The number of ether oxygens (including phenoxy) is 1. The van der Waals surface area contributed by atoms with Crippen molar-refractivity contribution < 1.29 is 17.9 Å². The molecule has 1 aliphatic heterocycles. The maximum Gasteiger partial charge on any atom is 0.269 e. The smallest absolute Gasteiger partial charge is 0.269 e. The van der Waals surface area contributed by atoms with Crippen LogP contribution in [0.1, 0.15) is 5.56 Å². The van der Waals surface area contributed by atoms with Gasteiger partial charge in [-0.05, 0) is 12.1 Å². The minimum absolute atomic E-state index is 0.0563. The van der Waals surface area contributed by atoms with Gasteiger partial charge in [-0.25, -0.2) is 13.2 Å². The monoisotopic (exact) mass is 293 g/mol. The molecule has 0 saturated carbocycles. The number of hydrogen-bond donors (Lipinski definition) is 2. The van der Waals surface area contributed by atoms with E-state index in [1.165, 1.54) is 0 Å². The lowest BCUT2D eigenvalue weighted by molar-refractivity contribution is -0.0145. The number of aliphatic imine (C=N–C) groups is 1. The first kappa shape index (κ1) is 14.0. The van der Waals surface area contributed by atoms with Gasteiger partial charge in [0.05, 0.1) is 11.6 Å². The number of halogens is 4. The van der Waals surface area contributed by atoms with Crippen LogP contribution in [0.2, 0.25) is 5.02 Å². The molecule has 0 bridgehead atoms. The summed E-state index contributed by atoms with van der Waals surface area (Å²) in [7, 11) is 0. The van der Waals surface area contributed by atoms with E-state index >= 15 is 0 Å². The van der Waals surface area contributed by atoms with Gasteiger partial charge in [0.2, 0.25) is 0 Å². The van der Waals surface area contributed by atoms with Crippen LogP contribution >= 0.6 is 11.6 Å². The fourth-order valence-corrected chi connectivity index (χ4v) is 2.15. The third-order valence-electron chi connectivity index (χ3n) is 2.79. The minimum Gasteiger partial charge on any atom is -0.399 e. The second-order valence-electron chi connectivity index (χ2n) is 4.19. The summed E-state index contributed by atoms with van der Waals surface area (Å²) in [6.07, 6.45) is -3.02. The maximum atomic E-state index is 14.0. The largest absolute Gasteiger partial charge is 0.399 e. The highest BCUT2D eigenvalue weighted by molar-refractivity contribution is 6.31. The minimum atomic E-state index is -3.02. The summed E-state index contributed by atoms with van der Waals surface area (Å²) in [6.45, 7) is -0.575. The van der Waals surface area contributed by atoms with Crippen LogP contribution in [-0.2, 0) is 10.3 Å². The van der Waals surface area contributed by atoms with Gasteiger partial charge >= 0.3 is 0 Å². The highest BCUT2D eigenvalue weighted by Crippen LogP contribution is 2.39. The van der Waals surface area contributed by atoms with Crippen LogP contribution in [0.25, 0.3) is 0 Å². The molecule has 0 spiro atoms. The van der Waals surface area contributed by atoms with E-state index < -0.39 is 30.0 Å². The number of nitrogens with zero attached hydrogens (tertiary/aromatic N) is 1. The van der Waals surface area contributed by atoms with Crippen molar-refractivity contribution in [2.75, 3.05) is 18.9 Å². The summed E-state index contributed by atoms with van der Waals surface area (Å²) in [5.74, 6) is -1.14. The Bertz CT molecular complexity index is 538. The van der Waals surface area contributed by atoms with Crippen molar-refractivity contribution in [3.8, 4) is 0 Å². The van der Waals surface area contributed by atoms with Crippen molar-refractivity contribution in [1.29, 1.82) is 0 Å². The number of hydrogen-bond acceptors (Lipinski definition) is 4. The Morgan fingerprint density at radius 2 is 2.05 bits per heavy atom. The molecule has 0 aromatic heterocycles. The van der Waals surface area contributed by atoms with E-state index in [4.69, 9.17) is 27.8 Å². The van der Waals surface area contributed by atoms with Gasteiger partial charge in [0.15, 0.2) is 5.54 Å². The molecule has 2 rings (SSSR count). The Labute approximate surface area is 112 Å². The number of amidine groups is 1. The summed E-state index contributed by atoms with van der Waals surface area (Å²) in [4.78, 5) is 3.69. The average Bonchev–Trinajstić information content (AvgIpc) is 2.33. The van der Waals surface area contributed by atoms with E-state index in [9.17, 15) is 13.2 Å². The Morgan fingerprint density at radius 1 is 1.37 bits per heavy atom.